The van der Waals surface area contributed by atoms with Crippen molar-refractivity contribution in [2.45, 2.75) is 46.2 Å². The lowest BCUT2D eigenvalue weighted by molar-refractivity contribution is 0.233. The van der Waals surface area contributed by atoms with Gasteiger partial charge in [0.2, 0.25) is 0 Å². The van der Waals surface area contributed by atoms with Gasteiger partial charge in [0.15, 0.2) is 0 Å². The molecule has 21 heavy (non-hydrogen) atoms. The molecule has 2 nitrogen and oxygen atoms in total. The van der Waals surface area contributed by atoms with Crippen molar-refractivity contribution in [2.75, 3.05) is 0 Å². The SMILES string of the molecule is Cc1cc2c(o1)CC(C)(C)CC2NCc1cccc(Br)c1. The first kappa shape index (κ1) is 14.9. The van der Waals surface area contributed by atoms with Crippen molar-refractivity contribution in [3.63, 3.8) is 0 Å². The highest BCUT2D eigenvalue weighted by Crippen LogP contribution is 2.42. The van der Waals surface area contributed by atoms with E-state index < -0.39 is 0 Å². The van der Waals surface area contributed by atoms with Crippen LogP contribution in [0.25, 0.3) is 0 Å². The molecule has 0 saturated carbocycles. The van der Waals surface area contributed by atoms with Gasteiger partial charge in [0.05, 0.1) is 0 Å². The minimum Gasteiger partial charge on any atom is -0.466 e. The predicted molar refractivity (Wildman–Crippen MR) is 89.3 cm³/mol. The molecule has 1 unspecified atom stereocenters. The number of benzene rings is 1. The summed E-state index contributed by atoms with van der Waals surface area (Å²) in [5.41, 5.74) is 2.93. The molecular weight excluding hydrogens is 326 g/mol. The summed E-state index contributed by atoms with van der Waals surface area (Å²) in [6.07, 6.45) is 2.18. The second kappa shape index (κ2) is 5.62. The summed E-state index contributed by atoms with van der Waals surface area (Å²) >= 11 is 3.53. The zero-order valence-electron chi connectivity index (χ0n) is 12.9. The van der Waals surface area contributed by atoms with Gasteiger partial charge in [-0.05, 0) is 42.5 Å². The maximum Gasteiger partial charge on any atom is 0.109 e. The van der Waals surface area contributed by atoms with Gasteiger partial charge in [-0.25, -0.2) is 0 Å². The van der Waals surface area contributed by atoms with E-state index in [-0.39, 0.29) is 5.41 Å². The number of hydrogen-bond acceptors (Lipinski definition) is 2. The van der Waals surface area contributed by atoms with Crippen molar-refractivity contribution >= 4 is 15.9 Å². The lowest BCUT2D eigenvalue weighted by atomic mass is 9.74. The molecule has 1 N–H and O–H groups in total. The Morgan fingerprint density at radius 1 is 1.33 bits per heavy atom. The van der Waals surface area contributed by atoms with Gasteiger partial charge >= 0.3 is 0 Å². The smallest absolute Gasteiger partial charge is 0.109 e. The average molecular weight is 348 g/mol. The fourth-order valence-electron chi connectivity index (χ4n) is 3.25. The van der Waals surface area contributed by atoms with E-state index in [4.69, 9.17) is 4.42 Å². The van der Waals surface area contributed by atoms with Crippen molar-refractivity contribution in [3.8, 4) is 0 Å². The second-order valence-electron chi connectivity index (χ2n) is 6.84. The molecule has 112 valence electrons. The summed E-state index contributed by atoms with van der Waals surface area (Å²) in [7, 11) is 0. The summed E-state index contributed by atoms with van der Waals surface area (Å²) in [6, 6.07) is 11.0. The molecule has 1 heterocycles. The van der Waals surface area contributed by atoms with Crippen LogP contribution in [0, 0.1) is 12.3 Å². The first-order chi connectivity index (χ1) is 9.93. The summed E-state index contributed by atoms with van der Waals surface area (Å²) in [5.74, 6) is 2.18. The van der Waals surface area contributed by atoms with E-state index in [9.17, 15) is 0 Å². The van der Waals surface area contributed by atoms with Crippen molar-refractivity contribution in [3.05, 3.63) is 57.5 Å². The number of halogens is 1. The molecule has 0 saturated heterocycles. The van der Waals surface area contributed by atoms with Crippen LogP contribution >= 0.6 is 15.9 Å². The Labute approximate surface area is 135 Å². The fourth-order valence-corrected chi connectivity index (χ4v) is 3.70. The van der Waals surface area contributed by atoms with E-state index in [0.717, 1.165) is 35.4 Å². The fraction of sp³-hybridized carbons (Fsp3) is 0.444. The molecule has 1 aromatic heterocycles. The molecule has 3 rings (SSSR count). The van der Waals surface area contributed by atoms with Gasteiger partial charge in [0.25, 0.3) is 0 Å². The van der Waals surface area contributed by atoms with Crippen LogP contribution in [0.2, 0.25) is 0 Å². The van der Waals surface area contributed by atoms with Crippen LogP contribution in [-0.4, -0.2) is 0 Å². The molecule has 0 aliphatic heterocycles. The lowest BCUT2D eigenvalue weighted by Gasteiger charge is -2.35. The predicted octanol–water partition coefficient (Wildman–Crippen LogP) is 5.15. The van der Waals surface area contributed by atoms with E-state index in [0.29, 0.717) is 6.04 Å². The maximum atomic E-state index is 5.90. The third-order valence-corrected chi connectivity index (χ3v) is 4.67. The molecule has 2 aromatic rings. The number of fused-ring (bicyclic) bond motifs is 1. The number of aryl methyl sites for hydroxylation is 1. The average Bonchev–Trinajstić information content (AvgIpc) is 2.75. The second-order valence-corrected chi connectivity index (χ2v) is 7.76. The molecule has 1 aliphatic carbocycles. The van der Waals surface area contributed by atoms with Gasteiger partial charge in [-0.2, -0.15) is 0 Å². The van der Waals surface area contributed by atoms with Crippen LogP contribution in [-0.2, 0) is 13.0 Å². The van der Waals surface area contributed by atoms with Gasteiger partial charge in [0.1, 0.15) is 11.5 Å². The molecule has 0 fully saturated rings. The Morgan fingerprint density at radius 3 is 2.90 bits per heavy atom. The quantitative estimate of drug-likeness (QED) is 0.829. The van der Waals surface area contributed by atoms with Crippen LogP contribution < -0.4 is 5.32 Å². The maximum absolute atomic E-state index is 5.90. The molecule has 3 heteroatoms. The molecule has 1 aromatic carbocycles. The first-order valence-electron chi connectivity index (χ1n) is 7.50. The van der Waals surface area contributed by atoms with E-state index >= 15 is 0 Å². The topological polar surface area (TPSA) is 25.2 Å². The monoisotopic (exact) mass is 347 g/mol. The Morgan fingerprint density at radius 2 is 2.14 bits per heavy atom. The highest BCUT2D eigenvalue weighted by atomic mass is 79.9. The Kier molecular flexibility index (Phi) is 3.98. The van der Waals surface area contributed by atoms with Crippen LogP contribution in [0.5, 0.6) is 0 Å². The lowest BCUT2D eigenvalue weighted by Crippen LogP contribution is -2.32. The van der Waals surface area contributed by atoms with Crippen molar-refractivity contribution in [1.29, 1.82) is 0 Å². The minimum absolute atomic E-state index is 0.284. The van der Waals surface area contributed by atoms with Gasteiger partial charge < -0.3 is 9.73 Å². The molecule has 0 amide bonds. The largest absolute Gasteiger partial charge is 0.466 e. The van der Waals surface area contributed by atoms with Crippen LogP contribution in [0.4, 0.5) is 0 Å². The van der Waals surface area contributed by atoms with Crippen molar-refractivity contribution in [2.24, 2.45) is 5.41 Å². The van der Waals surface area contributed by atoms with Gasteiger partial charge in [-0.3, -0.25) is 0 Å². The Bertz CT molecular complexity index is 644. The number of furan rings is 1. The van der Waals surface area contributed by atoms with E-state index in [2.05, 4.69) is 65.4 Å². The van der Waals surface area contributed by atoms with E-state index in [1.165, 1.54) is 11.1 Å². The van der Waals surface area contributed by atoms with Crippen LogP contribution in [0.1, 0.15) is 49.0 Å². The normalized spacial score (nSPS) is 20.3. The molecule has 1 aliphatic rings. The molecular formula is C18H22BrNO. The molecule has 0 radical (unpaired) electrons. The summed E-state index contributed by atoms with van der Waals surface area (Å²) in [6.45, 7) is 7.56. The zero-order chi connectivity index (χ0) is 15.0. The third kappa shape index (κ3) is 3.41. The van der Waals surface area contributed by atoms with Gasteiger partial charge in [-0.1, -0.05) is 41.9 Å². The minimum atomic E-state index is 0.284. The first-order valence-corrected chi connectivity index (χ1v) is 8.29. The number of nitrogens with one attached hydrogen (secondary N) is 1. The van der Waals surface area contributed by atoms with Crippen LogP contribution in [0.15, 0.2) is 39.2 Å². The summed E-state index contributed by atoms with van der Waals surface area (Å²) in [4.78, 5) is 0. The number of hydrogen-bond donors (Lipinski definition) is 1. The molecule has 1 atom stereocenters. The van der Waals surface area contributed by atoms with E-state index in [1.54, 1.807) is 0 Å². The summed E-state index contributed by atoms with van der Waals surface area (Å²) in [5, 5.41) is 3.71. The van der Waals surface area contributed by atoms with Gasteiger partial charge in [-0.15, -0.1) is 0 Å². The Hall–Kier alpha value is -1.06. The highest BCUT2D eigenvalue weighted by molar-refractivity contribution is 9.10. The van der Waals surface area contributed by atoms with E-state index in [1.807, 2.05) is 6.92 Å². The van der Waals surface area contributed by atoms with Gasteiger partial charge in [0, 0.05) is 29.0 Å². The third-order valence-electron chi connectivity index (χ3n) is 4.18. The van der Waals surface area contributed by atoms with Crippen molar-refractivity contribution in [1.82, 2.24) is 5.32 Å². The van der Waals surface area contributed by atoms with Crippen molar-refractivity contribution < 1.29 is 4.42 Å². The standard InChI is InChI=1S/C18H22BrNO/c1-12-7-15-16(9-18(2,3)10-17(15)21-12)20-11-13-5-4-6-14(19)8-13/h4-8,16,20H,9-11H2,1-3H3. The molecule has 0 spiro atoms. The zero-order valence-corrected chi connectivity index (χ0v) is 14.5. The molecule has 0 bridgehead atoms. The number of rotatable bonds is 3. The highest BCUT2D eigenvalue weighted by Gasteiger charge is 2.34. The Balaban J connectivity index is 1.78. The van der Waals surface area contributed by atoms with Crippen LogP contribution in [0.3, 0.4) is 0 Å². The summed E-state index contributed by atoms with van der Waals surface area (Å²) < 4.78 is 7.03.